The van der Waals surface area contributed by atoms with Crippen LogP contribution in [0.4, 0.5) is 4.79 Å². The van der Waals surface area contributed by atoms with Gasteiger partial charge in [0.15, 0.2) is 0 Å². The Morgan fingerprint density at radius 1 is 0.941 bits per heavy atom. The number of carbonyl (C=O) groups is 3. The van der Waals surface area contributed by atoms with E-state index in [1.54, 1.807) is 9.80 Å². The standard InChI is InChI=1S/C25H29N3O6/c29-23(28-12-10-27(11-13-28)15-24(30)31)17-33-14-9-26-25(32)34-16-22-20-7-3-1-5-18(20)19-6-2-4-8-21(19)22/h1-8,22H,9-17H2,(H,26,32)(H,30,31). The fraction of sp³-hybridized carbons (Fsp3) is 0.400. The fourth-order valence-corrected chi connectivity index (χ4v) is 4.47. The van der Waals surface area contributed by atoms with E-state index in [2.05, 4.69) is 29.6 Å². The maximum Gasteiger partial charge on any atom is 0.407 e. The normalized spacial score (nSPS) is 15.5. The number of piperazine rings is 1. The average Bonchev–Trinajstić information content (AvgIpc) is 3.16. The number of hydrogen-bond donors (Lipinski definition) is 2. The van der Waals surface area contributed by atoms with Gasteiger partial charge in [0, 0.05) is 38.6 Å². The van der Waals surface area contributed by atoms with Gasteiger partial charge < -0.3 is 24.8 Å². The molecule has 0 unspecified atom stereocenters. The van der Waals surface area contributed by atoms with Crippen LogP contribution in [0.1, 0.15) is 17.0 Å². The molecule has 2 N–H and O–H groups in total. The third kappa shape index (κ3) is 5.73. The molecule has 1 fully saturated rings. The summed E-state index contributed by atoms with van der Waals surface area (Å²) in [5, 5.41) is 11.5. The molecule has 9 nitrogen and oxygen atoms in total. The molecule has 1 aliphatic heterocycles. The van der Waals surface area contributed by atoms with E-state index in [1.165, 1.54) is 11.1 Å². The van der Waals surface area contributed by atoms with Crippen LogP contribution in [0.25, 0.3) is 11.1 Å². The Kier molecular flexibility index (Phi) is 7.76. The highest BCUT2D eigenvalue weighted by Crippen LogP contribution is 2.44. The first kappa shape index (κ1) is 23.7. The summed E-state index contributed by atoms with van der Waals surface area (Å²) in [6, 6.07) is 16.3. The van der Waals surface area contributed by atoms with Crippen LogP contribution < -0.4 is 5.32 Å². The summed E-state index contributed by atoms with van der Waals surface area (Å²) in [6.07, 6.45) is -0.522. The summed E-state index contributed by atoms with van der Waals surface area (Å²) in [4.78, 5) is 38.6. The van der Waals surface area contributed by atoms with Crippen molar-refractivity contribution in [3.05, 3.63) is 59.7 Å². The van der Waals surface area contributed by atoms with Gasteiger partial charge in [-0.15, -0.1) is 0 Å². The van der Waals surface area contributed by atoms with E-state index < -0.39 is 12.1 Å². The summed E-state index contributed by atoms with van der Waals surface area (Å²) in [5.74, 6) is -1.01. The Bertz CT molecular complexity index is 989. The molecule has 1 heterocycles. The first-order chi connectivity index (χ1) is 16.5. The Morgan fingerprint density at radius 2 is 1.56 bits per heavy atom. The molecule has 4 rings (SSSR count). The summed E-state index contributed by atoms with van der Waals surface area (Å²) in [5.41, 5.74) is 4.66. The number of benzene rings is 2. The summed E-state index contributed by atoms with van der Waals surface area (Å²) < 4.78 is 10.9. The van der Waals surface area contributed by atoms with Crippen molar-refractivity contribution in [2.24, 2.45) is 0 Å². The van der Waals surface area contributed by atoms with E-state index in [0.29, 0.717) is 26.2 Å². The molecule has 1 saturated heterocycles. The third-order valence-corrected chi connectivity index (χ3v) is 6.17. The van der Waals surface area contributed by atoms with Crippen LogP contribution in [0.3, 0.4) is 0 Å². The smallest absolute Gasteiger partial charge is 0.407 e. The second-order valence-corrected chi connectivity index (χ2v) is 8.36. The minimum Gasteiger partial charge on any atom is -0.480 e. The zero-order valence-electron chi connectivity index (χ0n) is 18.9. The zero-order valence-corrected chi connectivity index (χ0v) is 18.9. The number of nitrogens with one attached hydrogen (secondary N) is 1. The molecule has 0 atom stereocenters. The molecule has 0 radical (unpaired) electrons. The molecule has 1 aliphatic carbocycles. The number of hydrogen-bond acceptors (Lipinski definition) is 6. The van der Waals surface area contributed by atoms with Crippen LogP contribution in [0.5, 0.6) is 0 Å². The number of fused-ring (bicyclic) bond motifs is 3. The quantitative estimate of drug-likeness (QED) is 0.541. The Balaban J connectivity index is 1.13. The molecule has 9 heteroatoms. The van der Waals surface area contributed by atoms with Gasteiger partial charge in [0.05, 0.1) is 13.2 Å². The molecule has 2 aromatic carbocycles. The first-order valence-corrected chi connectivity index (χ1v) is 11.4. The van der Waals surface area contributed by atoms with E-state index >= 15 is 0 Å². The molecule has 2 amide bonds. The lowest BCUT2D eigenvalue weighted by Gasteiger charge is -2.33. The number of alkyl carbamates (subject to hydrolysis) is 1. The molecule has 0 bridgehead atoms. The highest BCUT2D eigenvalue weighted by Gasteiger charge is 2.29. The highest BCUT2D eigenvalue weighted by atomic mass is 16.5. The lowest BCUT2D eigenvalue weighted by molar-refractivity contribution is -0.140. The number of aliphatic carboxylic acids is 1. The van der Waals surface area contributed by atoms with Crippen molar-refractivity contribution >= 4 is 18.0 Å². The molecular formula is C25H29N3O6. The van der Waals surface area contributed by atoms with Crippen LogP contribution in [0, 0.1) is 0 Å². The molecule has 2 aromatic rings. The van der Waals surface area contributed by atoms with Gasteiger partial charge in [-0.25, -0.2) is 4.79 Å². The molecule has 0 spiro atoms. The van der Waals surface area contributed by atoms with Crippen molar-refractivity contribution < 1.29 is 29.0 Å². The van der Waals surface area contributed by atoms with Gasteiger partial charge in [0.2, 0.25) is 5.91 Å². The topological polar surface area (TPSA) is 108 Å². The van der Waals surface area contributed by atoms with Crippen LogP contribution in [0.15, 0.2) is 48.5 Å². The van der Waals surface area contributed by atoms with Crippen molar-refractivity contribution in [2.75, 3.05) is 59.1 Å². The van der Waals surface area contributed by atoms with Gasteiger partial charge in [-0.05, 0) is 22.3 Å². The Labute approximate surface area is 198 Å². The van der Waals surface area contributed by atoms with Crippen molar-refractivity contribution in [3.63, 3.8) is 0 Å². The lowest BCUT2D eigenvalue weighted by Crippen LogP contribution is -2.50. The van der Waals surface area contributed by atoms with E-state index in [4.69, 9.17) is 14.6 Å². The van der Waals surface area contributed by atoms with Gasteiger partial charge in [-0.1, -0.05) is 48.5 Å². The molecule has 0 aromatic heterocycles. The van der Waals surface area contributed by atoms with Crippen LogP contribution in [0.2, 0.25) is 0 Å². The third-order valence-electron chi connectivity index (χ3n) is 6.17. The largest absolute Gasteiger partial charge is 0.480 e. The van der Waals surface area contributed by atoms with Crippen molar-refractivity contribution in [3.8, 4) is 11.1 Å². The minimum absolute atomic E-state index is 0.00277. The van der Waals surface area contributed by atoms with E-state index in [9.17, 15) is 14.4 Å². The number of carboxylic acid groups (broad SMARTS) is 1. The van der Waals surface area contributed by atoms with Crippen molar-refractivity contribution in [1.29, 1.82) is 0 Å². The summed E-state index contributed by atoms with van der Waals surface area (Å²) >= 11 is 0. The highest BCUT2D eigenvalue weighted by molar-refractivity contribution is 5.79. The van der Waals surface area contributed by atoms with E-state index in [0.717, 1.165) is 11.1 Å². The van der Waals surface area contributed by atoms with E-state index in [-0.39, 0.29) is 44.7 Å². The maximum absolute atomic E-state index is 12.2. The molecule has 180 valence electrons. The Hall–Kier alpha value is -3.43. The van der Waals surface area contributed by atoms with Crippen LogP contribution >= 0.6 is 0 Å². The summed E-state index contributed by atoms with van der Waals surface area (Å²) in [6.45, 7) is 2.59. The lowest BCUT2D eigenvalue weighted by atomic mass is 9.98. The van der Waals surface area contributed by atoms with Gasteiger partial charge >= 0.3 is 12.1 Å². The molecule has 0 saturated carbocycles. The van der Waals surface area contributed by atoms with Crippen molar-refractivity contribution in [1.82, 2.24) is 15.1 Å². The van der Waals surface area contributed by atoms with Gasteiger partial charge in [-0.2, -0.15) is 0 Å². The fourth-order valence-electron chi connectivity index (χ4n) is 4.47. The number of amides is 2. The number of carboxylic acids is 1. The first-order valence-electron chi connectivity index (χ1n) is 11.4. The monoisotopic (exact) mass is 467 g/mol. The molecule has 2 aliphatic rings. The van der Waals surface area contributed by atoms with Crippen LogP contribution in [-0.2, 0) is 19.1 Å². The van der Waals surface area contributed by atoms with Gasteiger partial charge in [0.1, 0.15) is 13.2 Å². The predicted octanol–water partition coefficient (Wildman–Crippen LogP) is 1.77. The predicted molar refractivity (Wildman–Crippen MR) is 125 cm³/mol. The zero-order chi connectivity index (χ0) is 23.9. The minimum atomic E-state index is -0.869. The SMILES string of the molecule is O=C(O)CN1CCN(C(=O)COCCNC(=O)OCC2c3ccccc3-c3ccccc32)CC1. The van der Waals surface area contributed by atoms with E-state index in [1.807, 2.05) is 24.3 Å². The summed E-state index contributed by atoms with van der Waals surface area (Å²) in [7, 11) is 0. The maximum atomic E-state index is 12.2. The number of rotatable bonds is 9. The van der Waals surface area contributed by atoms with Gasteiger partial charge in [-0.3, -0.25) is 14.5 Å². The second kappa shape index (κ2) is 11.1. The number of nitrogens with zero attached hydrogens (tertiary/aromatic N) is 2. The second-order valence-electron chi connectivity index (χ2n) is 8.36. The Morgan fingerprint density at radius 3 is 2.18 bits per heavy atom. The average molecular weight is 468 g/mol. The van der Waals surface area contributed by atoms with Crippen LogP contribution in [-0.4, -0.2) is 92.0 Å². The number of carbonyl (C=O) groups excluding carboxylic acids is 2. The molecule has 34 heavy (non-hydrogen) atoms. The van der Waals surface area contributed by atoms with Gasteiger partial charge in [0.25, 0.3) is 0 Å². The molecular weight excluding hydrogens is 438 g/mol. The number of ether oxygens (including phenoxy) is 2. The van der Waals surface area contributed by atoms with Crippen molar-refractivity contribution in [2.45, 2.75) is 5.92 Å².